The van der Waals surface area contributed by atoms with Gasteiger partial charge >= 0.3 is 0 Å². The van der Waals surface area contributed by atoms with Crippen LogP contribution in [-0.2, 0) is 5.60 Å². The van der Waals surface area contributed by atoms with E-state index in [-0.39, 0.29) is 5.60 Å². The van der Waals surface area contributed by atoms with Crippen LogP contribution in [0.15, 0.2) is 28.7 Å². The number of hydrogen-bond acceptors (Lipinski definition) is 2. The summed E-state index contributed by atoms with van der Waals surface area (Å²) in [4.78, 5) is 0. The molecule has 0 fully saturated rings. The van der Waals surface area contributed by atoms with E-state index in [9.17, 15) is 0 Å². The van der Waals surface area contributed by atoms with Crippen molar-refractivity contribution in [1.82, 2.24) is 0 Å². The van der Waals surface area contributed by atoms with E-state index in [1.165, 1.54) is 11.1 Å². The average molecular weight is 228 g/mol. The number of furan rings is 1. The second-order valence-electron chi connectivity index (χ2n) is 5.21. The Morgan fingerprint density at radius 3 is 2.59 bits per heavy atom. The van der Waals surface area contributed by atoms with E-state index in [4.69, 9.17) is 9.15 Å². The summed E-state index contributed by atoms with van der Waals surface area (Å²) in [5.41, 5.74) is 3.28. The predicted octanol–water partition coefficient (Wildman–Crippen LogP) is 4.19. The molecule has 0 bridgehead atoms. The zero-order valence-electron chi connectivity index (χ0n) is 10.6. The van der Waals surface area contributed by atoms with Crippen molar-refractivity contribution in [2.45, 2.75) is 33.3 Å². The van der Waals surface area contributed by atoms with Gasteiger partial charge in [0.15, 0.2) is 11.5 Å². The summed E-state index contributed by atoms with van der Waals surface area (Å²) in [7, 11) is 0. The maximum absolute atomic E-state index is 6.03. The van der Waals surface area contributed by atoms with Gasteiger partial charge in [0, 0.05) is 17.2 Å². The van der Waals surface area contributed by atoms with Crippen LogP contribution in [0.3, 0.4) is 0 Å². The summed E-state index contributed by atoms with van der Waals surface area (Å²) < 4.78 is 11.8. The first-order chi connectivity index (χ1) is 7.97. The molecule has 1 aromatic carbocycles. The van der Waals surface area contributed by atoms with E-state index < -0.39 is 0 Å². The molecule has 2 heterocycles. The van der Waals surface area contributed by atoms with Crippen LogP contribution in [0.25, 0.3) is 11.3 Å². The van der Waals surface area contributed by atoms with Crippen molar-refractivity contribution in [3.8, 4) is 17.1 Å². The van der Waals surface area contributed by atoms with E-state index in [1.807, 2.05) is 13.0 Å². The van der Waals surface area contributed by atoms with Gasteiger partial charge in [0.25, 0.3) is 0 Å². The molecule has 0 radical (unpaired) electrons. The fourth-order valence-electron chi connectivity index (χ4n) is 2.44. The number of rotatable bonds is 0. The fourth-order valence-corrected chi connectivity index (χ4v) is 2.44. The van der Waals surface area contributed by atoms with Crippen LogP contribution < -0.4 is 4.74 Å². The summed E-state index contributed by atoms with van der Waals surface area (Å²) in [6.45, 7) is 8.23. The van der Waals surface area contributed by atoms with E-state index in [0.717, 1.165) is 22.8 Å². The molecule has 0 N–H and O–H groups in total. The zero-order chi connectivity index (χ0) is 12.2. The van der Waals surface area contributed by atoms with Gasteiger partial charge in [0.1, 0.15) is 11.4 Å². The third-order valence-corrected chi connectivity index (χ3v) is 3.25. The SMILES string of the molecule is Cc1ccc2c(c1)C(C)(C)Oc1cc(C)oc1-2. The van der Waals surface area contributed by atoms with Crippen LogP contribution in [-0.4, -0.2) is 0 Å². The van der Waals surface area contributed by atoms with Gasteiger partial charge in [0.2, 0.25) is 0 Å². The summed E-state index contributed by atoms with van der Waals surface area (Å²) in [6, 6.07) is 8.37. The monoisotopic (exact) mass is 228 g/mol. The Labute approximate surface area is 101 Å². The number of hydrogen-bond donors (Lipinski definition) is 0. The first-order valence-corrected chi connectivity index (χ1v) is 5.88. The minimum atomic E-state index is -0.301. The minimum Gasteiger partial charge on any atom is -0.479 e. The Morgan fingerprint density at radius 2 is 1.82 bits per heavy atom. The maximum Gasteiger partial charge on any atom is 0.176 e. The van der Waals surface area contributed by atoms with Gasteiger partial charge in [-0.25, -0.2) is 0 Å². The van der Waals surface area contributed by atoms with Gasteiger partial charge in [0.05, 0.1) is 0 Å². The molecular weight excluding hydrogens is 212 g/mol. The van der Waals surface area contributed by atoms with Gasteiger partial charge < -0.3 is 9.15 Å². The Bertz CT molecular complexity index is 591. The second kappa shape index (κ2) is 3.16. The molecule has 1 aliphatic heterocycles. The highest BCUT2D eigenvalue weighted by molar-refractivity contribution is 5.72. The van der Waals surface area contributed by atoms with Gasteiger partial charge in [-0.05, 0) is 27.7 Å². The highest BCUT2D eigenvalue weighted by Gasteiger charge is 2.34. The van der Waals surface area contributed by atoms with Crippen molar-refractivity contribution in [1.29, 1.82) is 0 Å². The first-order valence-electron chi connectivity index (χ1n) is 5.88. The first kappa shape index (κ1) is 10.5. The third-order valence-electron chi connectivity index (χ3n) is 3.25. The van der Waals surface area contributed by atoms with Crippen LogP contribution in [0.4, 0.5) is 0 Å². The van der Waals surface area contributed by atoms with Crippen LogP contribution in [0, 0.1) is 13.8 Å². The van der Waals surface area contributed by atoms with Gasteiger partial charge in [-0.1, -0.05) is 23.8 Å². The van der Waals surface area contributed by atoms with E-state index in [0.29, 0.717) is 0 Å². The van der Waals surface area contributed by atoms with Crippen LogP contribution in [0.2, 0.25) is 0 Å². The van der Waals surface area contributed by atoms with E-state index in [2.05, 4.69) is 39.0 Å². The Morgan fingerprint density at radius 1 is 1.06 bits per heavy atom. The van der Waals surface area contributed by atoms with Crippen molar-refractivity contribution in [2.24, 2.45) is 0 Å². The lowest BCUT2D eigenvalue weighted by Gasteiger charge is -2.32. The minimum absolute atomic E-state index is 0.301. The third kappa shape index (κ3) is 1.47. The van der Waals surface area contributed by atoms with Crippen molar-refractivity contribution < 1.29 is 9.15 Å². The number of aryl methyl sites for hydroxylation is 2. The van der Waals surface area contributed by atoms with Crippen LogP contribution in [0.5, 0.6) is 5.75 Å². The summed E-state index contributed by atoms with van der Waals surface area (Å²) in [6.07, 6.45) is 0. The molecule has 0 atom stereocenters. The maximum atomic E-state index is 6.03. The normalized spacial score (nSPS) is 16.0. The topological polar surface area (TPSA) is 22.4 Å². The van der Waals surface area contributed by atoms with Gasteiger partial charge in [-0.15, -0.1) is 0 Å². The van der Waals surface area contributed by atoms with Gasteiger partial charge in [-0.2, -0.15) is 0 Å². The molecule has 2 aromatic rings. The largest absolute Gasteiger partial charge is 0.479 e. The Hall–Kier alpha value is -1.70. The molecule has 0 unspecified atom stereocenters. The number of ether oxygens (including phenoxy) is 1. The number of benzene rings is 1. The Kier molecular flexibility index (Phi) is 1.94. The quantitative estimate of drug-likeness (QED) is 0.674. The van der Waals surface area contributed by atoms with Crippen molar-refractivity contribution in [3.05, 3.63) is 41.2 Å². The molecule has 0 spiro atoms. The molecule has 0 aliphatic carbocycles. The van der Waals surface area contributed by atoms with Crippen molar-refractivity contribution in [3.63, 3.8) is 0 Å². The van der Waals surface area contributed by atoms with Gasteiger partial charge in [-0.3, -0.25) is 0 Å². The lowest BCUT2D eigenvalue weighted by molar-refractivity contribution is 0.104. The highest BCUT2D eigenvalue weighted by atomic mass is 16.5. The molecule has 0 saturated carbocycles. The lowest BCUT2D eigenvalue weighted by Crippen LogP contribution is -2.28. The standard InChI is InChI=1S/C15H16O2/c1-9-5-6-11-12(7-9)15(3,4)17-13-8-10(2)16-14(11)13/h5-8H,1-4H3. The molecule has 2 nitrogen and oxygen atoms in total. The molecular formula is C15H16O2. The van der Waals surface area contributed by atoms with Crippen molar-refractivity contribution in [2.75, 3.05) is 0 Å². The molecule has 0 saturated heterocycles. The fraction of sp³-hybridized carbons (Fsp3) is 0.333. The molecule has 3 rings (SSSR count). The average Bonchev–Trinajstić information content (AvgIpc) is 2.58. The molecule has 0 amide bonds. The molecule has 1 aromatic heterocycles. The molecule has 88 valence electrons. The summed E-state index contributed by atoms with van der Waals surface area (Å²) in [5, 5.41) is 0. The van der Waals surface area contributed by atoms with Crippen LogP contribution in [0.1, 0.15) is 30.7 Å². The molecule has 1 aliphatic rings. The second-order valence-corrected chi connectivity index (χ2v) is 5.21. The Balaban J connectivity index is 2.32. The van der Waals surface area contributed by atoms with E-state index >= 15 is 0 Å². The zero-order valence-corrected chi connectivity index (χ0v) is 10.6. The summed E-state index contributed by atoms with van der Waals surface area (Å²) in [5.74, 6) is 2.60. The van der Waals surface area contributed by atoms with Crippen LogP contribution >= 0.6 is 0 Å². The number of fused-ring (bicyclic) bond motifs is 3. The van der Waals surface area contributed by atoms with E-state index in [1.54, 1.807) is 0 Å². The van der Waals surface area contributed by atoms with Crippen molar-refractivity contribution >= 4 is 0 Å². The smallest absolute Gasteiger partial charge is 0.176 e. The lowest BCUT2D eigenvalue weighted by atomic mass is 9.88. The summed E-state index contributed by atoms with van der Waals surface area (Å²) >= 11 is 0. The molecule has 2 heteroatoms. The molecule has 17 heavy (non-hydrogen) atoms. The predicted molar refractivity (Wildman–Crippen MR) is 67.3 cm³/mol. The highest BCUT2D eigenvalue weighted by Crippen LogP contribution is 2.46.